The van der Waals surface area contributed by atoms with Crippen LogP contribution in [-0.2, 0) is 11.3 Å². The van der Waals surface area contributed by atoms with Crippen LogP contribution in [0.5, 0.6) is 5.75 Å². The first-order chi connectivity index (χ1) is 9.65. The molecule has 104 valence electrons. The predicted octanol–water partition coefficient (Wildman–Crippen LogP) is 3.00. The molecule has 0 aromatic heterocycles. The summed E-state index contributed by atoms with van der Waals surface area (Å²) < 4.78 is 5.40. The highest BCUT2D eigenvalue weighted by atomic mass is 16.5. The molecule has 0 aliphatic rings. The van der Waals surface area contributed by atoms with Gasteiger partial charge in [0.2, 0.25) is 0 Å². The Kier molecular flexibility index (Phi) is 4.77. The first kappa shape index (κ1) is 14.1. The maximum atomic E-state index is 11.7. The maximum absolute atomic E-state index is 11.7. The van der Waals surface area contributed by atoms with Crippen LogP contribution in [0.4, 0.5) is 0 Å². The van der Waals surface area contributed by atoms with Crippen LogP contribution in [0.2, 0.25) is 0 Å². The molecule has 0 unspecified atom stereocenters. The maximum Gasteiger partial charge on any atom is 0.258 e. The molecular weight excluding hydrogens is 250 g/mol. The Hall–Kier alpha value is -2.29. The molecule has 0 bridgehead atoms. The van der Waals surface area contributed by atoms with Crippen molar-refractivity contribution in [2.24, 2.45) is 0 Å². The lowest BCUT2D eigenvalue weighted by Gasteiger charge is -2.10. The van der Waals surface area contributed by atoms with Gasteiger partial charge < -0.3 is 10.1 Å². The molecule has 2 aromatic carbocycles. The second-order valence-corrected chi connectivity index (χ2v) is 4.81. The van der Waals surface area contributed by atoms with Crippen molar-refractivity contribution in [3.8, 4) is 5.75 Å². The van der Waals surface area contributed by atoms with Gasteiger partial charge in [0, 0.05) is 6.54 Å². The number of para-hydroxylation sites is 1. The van der Waals surface area contributed by atoms with Crippen LogP contribution >= 0.6 is 0 Å². The lowest BCUT2D eigenvalue weighted by Crippen LogP contribution is -2.28. The molecule has 0 fully saturated rings. The lowest BCUT2D eigenvalue weighted by molar-refractivity contribution is -0.123. The van der Waals surface area contributed by atoms with Gasteiger partial charge >= 0.3 is 0 Å². The van der Waals surface area contributed by atoms with E-state index in [-0.39, 0.29) is 12.5 Å². The molecule has 2 aromatic rings. The summed E-state index contributed by atoms with van der Waals surface area (Å²) in [6, 6.07) is 15.6. The summed E-state index contributed by atoms with van der Waals surface area (Å²) in [5, 5.41) is 2.87. The molecular formula is C17H19NO2. The zero-order valence-electron chi connectivity index (χ0n) is 11.8. The Morgan fingerprint density at radius 1 is 1.10 bits per heavy atom. The SMILES string of the molecule is Cc1ccc(C)c(CNC(=O)COc2ccccc2)c1. The van der Waals surface area contributed by atoms with Crippen molar-refractivity contribution in [1.82, 2.24) is 5.32 Å². The van der Waals surface area contributed by atoms with E-state index < -0.39 is 0 Å². The van der Waals surface area contributed by atoms with Gasteiger partial charge in [-0.15, -0.1) is 0 Å². The zero-order valence-corrected chi connectivity index (χ0v) is 11.8. The molecule has 0 radical (unpaired) electrons. The number of nitrogens with one attached hydrogen (secondary N) is 1. The van der Waals surface area contributed by atoms with Crippen molar-refractivity contribution in [2.75, 3.05) is 6.61 Å². The van der Waals surface area contributed by atoms with Gasteiger partial charge in [-0.2, -0.15) is 0 Å². The molecule has 2 rings (SSSR count). The standard InChI is InChI=1S/C17H19NO2/c1-13-8-9-14(2)15(10-13)11-18-17(19)12-20-16-6-4-3-5-7-16/h3-10H,11-12H2,1-2H3,(H,18,19). The number of ether oxygens (including phenoxy) is 1. The van der Waals surface area contributed by atoms with E-state index in [4.69, 9.17) is 4.74 Å². The Labute approximate surface area is 119 Å². The smallest absolute Gasteiger partial charge is 0.258 e. The summed E-state index contributed by atoms with van der Waals surface area (Å²) in [6.45, 7) is 4.66. The molecule has 0 atom stereocenters. The summed E-state index contributed by atoms with van der Waals surface area (Å²) >= 11 is 0. The minimum absolute atomic E-state index is 0.0366. The Bertz CT molecular complexity index is 579. The molecule has 0 saturated heterocycles. The largest absolute Gasteiger partial charge is 0.484 e. The third kappa shape index (κ3) is 4.12. The van der Waals surface area contributed by atoms with E-state index >= 15 is 0 Å². The third-order valence-electron chi connectivity index (χ3n) is 3.09. The van der Waals surface area contributed by atoms with Crippen LogP contribution in [-0.4, -0.2) is 12.5 Å². The van der Waals surface area contributed by atoms with Crippen molar-refractivity contribution in [3.05, 3.63) is 65.2 Å². The number of carbonyl (C=O) groups excluding carboxylic acids is 1. The fourth-order valence-electron chi connectivity index (χ4n) is 1.90. The van der Waals surface area contributed by atoms with Gasteiger partial charge in [-0.05, 0) is 37.1 Å². The van der Waals surface area contributed by atoms with Crippen molar-refractivity contribution in [2.45, 2.75) is 20.4 Å². The highest BCUT2D eigenvalue weighted by molar-refractivity contribution is 5.77. The Balaban J connectivity index is 1.82. The topological polar surface area (TPSA) is 38.3 Å². The Morgan fingerprint density at radius 2 is 1.85 bits per heavy atom. The van der Waals surface area contributed by atoms with Crippen molar-refractivity contribution in [1.29, 1.82) is 0 Å². The highest BCUT2D eigenvalue weighted by Gasteiger charge is 2.04. The molecule has 20 heavy (non-hydrogen) atoms. The average Bonchev–Trinajstić information content (AvgIpc) is 2.47. The predicted molar refractivity (Wildman–Crippen MR) is 79.7 cm³/mol. The van der Waals surface area contributed by atoms with Gasteiger partial charge in [0.05, 0.1) is 0 Å². The van der Waals surface area contributed by atoms with Gasteiger partial charge in [0.1, 0.15) is 5.75 Å². The van der Waals surface area contributed by atoms with Gasteiger partial charge in [0.25, 0.3) is 5.91 Å². The van der Waals surface area contributed by atoms with E-state index in [1.165, 1.54) is 11.1 Å². The molecule has 0 saturated carbocycles. The molecule has 1 N–H and O–H groups in total. The van der Waals surface area contributed by atoms with E-state index in [0.717, 1.165) is 5.56 Å². The number of aryl methyl sites for hydroxylation is 2. The fraction of sp³-hybridized carbons (Fsp3) is 0.235. The molecule has 0 aliphatic heterocycles. The number of amides is 1. The number of rotatable bonds is 5. The molecule has 3 heteroatoms. The molecule has 3 nitrogen and oxygen atoms in total. The summed E-state index contributed by atoms with van der Waals surface area (Å²) in [6.07, 6.45) is 0. The van der Waals surface area contributed by atoms with Crippen LogP contribution in [0.25, 0.3) is 0 Å². The Morgan fingerprint density at radius 3 is 2.60 bits per heavy atom. The fourth-order valence-corrected chi connectivity index (χ4v) is 1.90. The second kappa shape index (κ2) is 6.75. The van der Waals surface area contributed by atoms with Crippen molar-refractivity contribution < 1.29 is 9.53 Å². The second-order valence-electron chi connectivity index (χ2n) is 4.81. The van der Waals surface area contributed by atoms with Crippen LogP contribution in [0, 0.1) is 13.8 Å². The number of benzene rings is 2. The van der Waals surface area contributed by atoms with Crippen molar-refractivity contribution >= 4 is 5.91 Å². The van der Waals surface area contributed by atoms with Crippen LogP contribution in [0.3, 0.4) is 0 Å². The average molecular weight is 269 g/mol. The van der Waals surface area contributed by atoms with E-state index in [9.17, 15) is 4.79 Å². The summed E-state index contributed by atoms with van der Waals surface area (Å²) in [7, 11) is 0. The number of hydrogen-bond donors (Lipinski definition) is 1. The third-order valence-corrected chi connectivity index (χ3v) is 3.09. The first-order valence-electron chi connectivity index (χ1n) is 6.66. The van der Waals surface area contributed by atoms with Crippen LogP contribution in [0.15, 0.2) is 48.5 Å². The summed E-state index contributed by atoms with van der Waals surface area (Å²) in [5.41, 5.74) is 3.51. The number of carbonyl (C=O) groups is 1. The zero-order chi connectivity index (χ0) is 14.4. The highest BCUT2D eigenvalue weighted by Crippen LogP contribution is 2.10. The monoisotopic (exact) mass is 269 g/mol. The van der Waals surface area contributed by atoms with Crippen LogP contribution in [0.1, 0.15) is 16.7 Å². The first-order valence-corrected chi connectivity index (χ1v) is 6.66. The van der Waals surface area contributed by atoms with Crippen molar-refractivity contribution in [3.63, 3.8) is 0 Å². The number of hydrogen-bond acceptors (Lipinski definition) is 2. The lowest BCUT2D eigenvalue weighted by atomic mass is 10.1. The summed E-state index contributed by atoms with van der Waals surface area (Å²) in [5.74, 6) is 0.587. The molecule has 1 amide bonds. The minimum atomic E-state index is -0.116. The van der Waals surface area contributed by atoms with Crippen LogP contribution < -0.4 is 10.1 Å². The normalized spacial score (nSPS) is 10.1. The van der Waals surface area contributed by atoms with Gasteiger partial charge in [-0.25, -0.2) is 0 Å². The van der Waals surface area contributed by atoms with Gasteiger partial charge in [-0.3, -0.25) is 4.79 Å². The molecule has 0 spiro atoms. The minimum Gasteiger partial charge on any atom is -0.484 e. The van der Waals surface area contributed by atoms with E-state index in [1.54, 1.807) is 0 Å². The van der Waals surface area contributed by atoms with E-state index in [2.05, 4.69) is 23.5 Å². The molecule has 0 heterocycles. The van der Waals surface area contributed by atoms with Gasteiger partial charge in [0.15, 0.2) is 6.61 Å². The van der Waals surface area contributed by atoms with E-state index in [1.807, 2.05) is 44.2 Å². The van der Waals surface area contributed by atoms with E-state index in [0.29, 0.717) is 12.3 Å². The molecule has 0 aliphatic carbocycles. The van der Waals surface area contributed by atoms with Gasteiger partial charge in [-0.1, -0.05) is 42.0 Å². The quantitative estimate of drug-likeness (QED) is 0.906. The summed E-state index contributed by atoms with van der Waals surface area (Å²) in [4.78, 5) is 11.7.